The minimum Gasteiger partial charge on any atom is -0.481 e. The summed E-state index contributed by atoms with van der Waals surface area (Å²) in [4.78, 5) is 43.6. The van der Waals surface area contributed by atoms with Crippen LogP contribution in [-0.4, -0.2) is 85.6 Å². The van der Waals surface area contributed by atoms with Crippen LogP contribution in [-0.2, 0) is 25.5 Å². The number of hydrogen-bond acceptors (Lipinski definition) is 5. The van der Waals surface area contributed by atoms with Gasteiger partial charge in [0.15, 0.2) is 0 Å². The van der Waals surface area contributed by atoms with Gasteiger partial charge in [-0.15, -0.1) is 6.58 Å². The number of rotatable bonds is 11. The summed E-state index contributed by atoms with van der Waals surface area (Å²) in [5.41, 5.74) is -0.364. The number of halogens is 1. The number of ether oxygens (including phenoxy) is 1. The topological polar surface area (TPSA) is 107 Å². The molecule has 36 heavy (non-hydrogen) atoms. The molecule has 0 aliphatic carbocycles. The molecule has 0 aromatic heterocycles. The van der Waals surface area contributed by atoms with E-state index in [1.807, 2.05) is 44.2 Å². The Kier molecular flexibility index (Phi) is 7.92. The number of alkyl halides is 1. The number of aliphatic hydroxyl groups is 1. The maximum absolute atomic E-state index is 14.3. The average Bonchev–Trinajstić information content (AvgIpc) is 3.45. The first kappa shape index (κ1) is 26.8. The van der Waals surface area contributed by atoms with Crippen LogP contribution in [0.2, 0.25) is 0 Å². The summed E-state index contributed by atoms with van der Waals surface area (Å²) in [6.07, 6.45) is 3.29. The third kappa shape index (κ3) is 4.29. The van der Waals surface area contributed by atoms with Gasteiger partial charge in [0.25, 0.3) is 0 Å². The molecule has 3 fully saturated rings. The Morgan fingerprint density at radius 3 is 2.64 bits per heavy atom. The Morgan fingerprint density at radius 2 is 2.06 bits per heavy atom. The van der Waals surface area contributed by atoms with Gasteiger partial charge in [0.1, 0.15) is 11.6 Å². The highest BCUT2D eigenvalue weighted by Gasteiger charge is 2.77. The molecule has 3 aliphatic heterocycles. The van der Waals surface area contributed by atoms with Gasteiger partial charge in [0.05, 0.1) is 30.6 Å². The highest BCUT2D eigenvalue weighted by molar-refractivity contribution is 9.09. The fourth-order valence-corrected chi connectivity index (χ4v) is 7.46. The first-order valence-corrected chi connectivity index (χ1v) is 13.6. The zero-order valence-electron chi connectivity index (χ0n) is 20.8. The predicted molar refractivity (Wildman–Crippen MR) is 137 cm³/mol. The fraction of sp³-hybridized carbons (Fsp3) is 0.593. The monoisotopic (exact) mass is 562 g/mol. The van der Waals surface area contributed by atoms with Crippen LogP contribution in [0.5, 0.6) is 0 Å². The minimum absolute atomic E-state index is 0.108. The van der Waals surface area contributed by atoms with E-state index in [4.69, 9.17) is 4.74 Å². The number of nitrogens with zero attached hydrogens (tertiary/aromatic N) is 2. The number of likely N-dealkylation sites (tertiary alicyclic amines) is 1. The van der Waals surface area contributed by atoms with Gasteiger partial charge >= 0.3 is 5.97 Å². The van der Waals surface area contributed by atoms with Gasteiger partial charge in [-0.25, -0.2) is 0 Å². The lowest BCUT2D eigenvalue weighted by Gasteiger charge is -2.41. The molecule has 9 heteroatoms. The largest absolute Gasteiger partial charge is 0.481 e. The Bertz CT molecular complexity index is 1010. The summed E-state index contributed by atoms with van der Waals surface area (Å²) < 4.78 is 6.37. The van der Waals surface area contributed by atoms with Crippen molar-refractivity contribution in [1.82, 2.24) is 9.80 Å². The van der Waals surface area contributed by atoms with Crippen molar-refractivity contribution < 1.29 is 29.3 Å². The van der Waals surface area contributed by atoms with Crippen molar-refractivity contribution in [1.29, 1.82) is 0 Å². The number of aliphatic carboxylic acids is 1. The number of carboxylic acids is 1. The molecular weight excluding hydrogens is 528 g/mol. The molecule has 2 amide bonds. The molecule has 0 radical (unpaired) electrons. The standard InChI is InChI=1S/C27H35BrN2O6/c1-4-9-16(3)29(12-5-2)25(33)23-27-14-19(28)22(36-27)20(26(34)35)21(27)24(32)30(23)18(15-31)13-17-10-7-6-8-11-17/h5-8,10-11,16,18-23,31H,2,4,9,12-15H2,1,3H3,(H,34,35)/t16?,18-,19?,20-,21+,22-,23?,27?/m1/s1. The van der Waals surface area contributed by atoms with E-state index in [0.717, 1.165) is 18.4 Å². The molecule has 1 aromatic rings. The summed E-state index contributed by atoms with van der Waals surface area (Å²) in [6.45, 7) is 7.77. The number of hydrogen-bond donors (Lipinski definition) is 2. The summed E-state index contributed by atoms with van der Waals surface area (Å²) in [5, 5.41) is 20.5. The second kappa shape index (κ2) is 10.6. The normalized spacial score (nSPS) is 32.3. The molecule has 3 heterocycles. The third-order valence-electron chi connectivity index (χ3n) is 8.01. The Balaban J connectivity index is 1.81. The Hall–Kier alpha value is -2.23. The molecule has 2 bridgehead atoms. The summed E-state index contributed by atoms with van der Waals surface area (Å²) in [7, 11) is 0. The lowest BCUT2D eigenvalue weighted by Crippen LogP contribution is -2.60. The summed E-state index contributed by atoms with van der Waals surface area (Å²) in [6, 6.07) is 7.61. The van der Waals surface area contributed by atoms with Crippen molar-refractivity contribution in [3.8, 4) is 0 Å². The number of fused-ring (bicyclic) bond motifs is 1. The van der Waals surface area contributed by atoms with Crippen molar-refractivity contribution in [3.63, 3.8) is 0 Å². The van der Waals surface area contributed by atoms with Crippen LogP contribution >= 0.6 is 15.9 Å². The second-order valence-electron chi connectivity index (χ2n) is 10.2. The molecule has 8 atom stereocenters. The van der Waals surface area contributed by atoms with Gasteiger partial charge < -0.3 is 24.7 Å². The van der Waals surface area contributed by atoms with E-state index in [2.05, 4.69) is 22.5 Å². The number of aliphatic hydroxyl groups excluding tert-OH is 1. The van der Waals surface area contributed by atoms with Gasteiger partial charge in [-0.05, 0) is 31.7 Å². The number of carboxylic acid groups (broad SMARTS) is 1. The van der Waals surface area contributed by atoms with Crippen molar-refractivity contribution in [2.75, 3.05) is 13.2 Å². The predicted octanol–water partition coefficient (Wildman–Crippen LogP) is 2.63. The molecule has 8 nitrogen and oxygen atoms in total. The quantitative estimate of drug-likeness (QED) is 0.317. The average molecular weight is 563 g/mol. The van der Waals surface area contributed by atoms with Crippen LogP contribution in [0.1, 0.15) is 38.7 Å². The van der Waals surface area contributed by atoms with Crippen LogP contribution in [0, 0.1) is 11.8 Å². The van der Waals surface area contributed by atoms with E-state index in [1.54, 1.807) is 11.0 Å². The van der Waals surface area contributed by atoms with Crippen LogP contribution < -0.4 is 0 Å². The molecular formula is C27H35BrN2O6. The lowest BCUT2D eigenvalue weighted by atomic mass is 9.70. The van der Waals surface area contributed by atoms with Gasteiger partial charge in [0, 0.05) is 17.4 Å². The number of carbonyl (C=O) groups excluding carboxylic acids is 2. The maximum atomic E-state index is 14.3. The second-order valence-corrected chi connectivity index (χ2v) is 11.4. The zero-order chi connectivity index (χ0) is 26.2. The zero-order valence-corrected chi connectivity index (χ0v) is 22.3. The molecule has 1 aromatic carbocycles. The summed E-state index contributed by atoms with van der Waals surface area (Å²) >= 11 is 3.57. The fourth-order valence-electron chi connectivity index (χ4n) is 6.52. The molecule has 4 unspecified atom stereocenters. The SMILES string of the molecule is C=CCN(C(=O)C1N([C@@H](CO)Cc2ccccc2)C(=O)[C@@H]2[C@@H](C(=O)O)[C@@H]3OC12CC3Br)C(C)CCC. The van der Waals surface area contributed by atoms with Crippen molar-refractivity contribution in [2.45, 2.75) is 74.2 Å². The first-order chi connectivity index (χ1) is 17.2. The van der Waals surface area contributed by atoms with Crippen molar-refractivity contribution in [2.24, 2.45) is 11.8 Å². The molecule has 0 saturated carbocycles. The van der Waals surface area contributed by atoms with Crippen molar-refractivity contribution in [3.05, 3.63) is 48.6 Å². The first-order valence-electron chi connectivity index (χ1n) is 12.6. The van der Waals surface area contributed by atoms with E-state index in [9.17, 15) is 24.6 Å². The van der Waals surface area contributed by atoms with Gasteiger partial charge in [-0.2, -0.15) is 0 Å². The number of carbonyl (C=O) groups is 3. The van der Waals surface area contributed by atoms with E-state index >= 15 is 0 Å². The molecule has 4 rings (SSSR count). The summed E-state index contributed by atoms with van der Waals surface area (Å²) in [5.74, 6) is -3.88. The number of amides is 2. The maximum Gasteiger partial charge on any atom is 0.310 e. The molecule has 1 spiro atoms. The number of benzene rings is 1. The van der Waals surface area contributed by atoms with E-state index in [1.165, 1.54) is 4.90 Å². The van der Waals surface area contributed by atoms with Crippen LogP contribution in [0.4, 0.5) is 0 Å². The van der Waals surface area contributed by atoms with Gasteiger partial charge in [-0.1, -0.05) is 65.7 Å². The highest BCUT2D eigenvalue weighted by atomic mass is 79.9. The minimum atomic E-state index is -1.27. The van der Waals surface area contributed by atoms with Crippen LogP contribution in [0.25, 0.3) is 0 Å². The van der Waals surface area contributed by atoms with E-state index in [0.29, 0.717) is 19.4 Å². The smallest absolute Gasteiger partial charge is 0.310 e. The van der Waals surface area contributed by atoms with E-state index in [-0.39, 0.29) is 23.4 Å². The third-order valence-corrected chi connectivity index (χ3v) is 8.86. The van der Waals surface area contributed by atoms with Crippen molar-refractivity contribution >= 4 is 33.7 Å². The lowest BCUT2D eigenvalue weighted by molar-refractivity contribution is -0.154. The molecule has 3 aliphatic rings. The van der Waals surface area contributed by atoms with Gasteiger partial charge in [0.2, 0.25) is 11.8 Å². The van der Waals surface area contributed by atoms with E-state index < -0.39 is 47.5 Å². The van der Waals surface area contributed by atoms with Crippen LogP contribution in [0.15, 0.2) is 43.0 Å². The van der Waals surface area contributed by atoms with Crippen LogP contribution in [0.3, 0.4) is 0 Å². The molecule has 196 valence electrons. The molecule has 3 saturated heterocycles. The Morgan fingerprint density at radius 1 is 1.36 bits per heavy atom. The van der Waals surface area contributed by atoms with Gasteiger partial charge in [-0.3, -0.25) is 14.4 Å². The highest BCUT2D eigenvalue weighted by Crippen LogP contribution is 2.60. The molecule has 2 N–H and O–H groups in total. The Labute approximate surface area is 220 Å².